The zero-order chi connectivity index (χ0) is 20.8. The molecule has 0 spiro atoms. The van der Waals surface area contributed by atoms with Gasteiger partial charge in [0, 0.05) is 24.2 Å². The van der Waals surface area contributed by atoms with Crippen LogP contribution in [0, 0.1) is 0 Å². The molecule has 2 aromatic rings. The first-order valence-electron chi connectivity index (χ1n) is 10.0. The van der Waals surface area contributed by atoms with Gasteiger partial charge < -0.3 is 15.5 Å². The number of amides is 3. The Morgan fingerprint density at radius 1 is 1.07 bits per heavy atom. The topological polar surface area (TPSA) is 78.5 Å². The van der Waals surface area contributed by atoms with E-state index < -0.39 is 0 Å². The van der Waals surface area contributed by atoms with Crippen LogP contribution in [0.5, 0.6) is 0 Å². The van der Waals surface area contributed by atoms with Gasteiger partial charge in [-0.3, -0.25) is 14.4 Å². The minimum Gasteiger partial charge on any atom is -0.348 e. The SMILES string of the molecule is CCc1ccc([C@@H](C)NC(=O)CNC(=O)c2ccc(N3CCCC3=O)cc2)cc1. The molecule has 0 bridgehead atoms. The van der Waals surface area contributed by atoms with Gasteiger partial charge in [-0.1, -0.05) is 31.2 Å². The Kier molecular flexibility index (Phi) is 6.65. The zero-order valence-electron chi connectivity index (χ0n) is 16.9. The number of hydrogen-bond donors (Lipinski definition) is 2. The van der Waals surface area contributed by atoms with Crippen LogP contribution in [0.15, 0.2) is 48.5 Å². The number of carbonyl (C=O) groups is 3. The maximum absolute atomic E-state index is 12.3. The largest absolute Gasteiger partial charge is 0.348 e. The highest BCUT2D eigenvalue weighted by atomic mass is 16.2. The molecule has 1 aliphatic heterocycles. The molecule has 152 valence electrons. The molecule has 0 radical (unpaired) electrons. The molecule has 6 nitrogen and oxygen atoms in total. The van der Waals surface area contributed by atoms with Crippen LogP contribution < -0.4 is 15.5 Å². The lowest BCUT2D eigenvalue weighted by Gasteiger charge is -2.16. The van der Waals surface area contributed by atoms with Gasteiger partial charge in [-0.05, 0) is 55.2 Å². The predicted octanol–water partition coefficient (Wildman–Crippen LogP) is 2.98. The molecule has 2 aromatic carbocycles. The fourth-order valence-electron chi connectivity index (χ4n) is 3.39. The van der Waals surface area contributed by atoms with E-state index >= 15 is 0 Å². The van der Waals surface area contributed by atoms with Crippen LogP contribution in [0.2, 0.25) is 0 Å². The minimum absolute atomic E-state index is 0.0947. The van der Waals surface area contributed by atoms with Crippen molar-refractivity contribution in [2.24, 2.45) is 0 Å². The number of aryl methyl sites for hydroxylation is 1. The van der Waals surface area contributed by atoms with E-state index in [-0.39, 0.29) is 30.3 Å². The third kappa shape index (κ3) is 5.22. The summed E-state index contributed by atoms with van der Waals surface area (Å²) in [5.41, 5.74) is 3.52. The molecule has 1 aliphatic rings. The smallest absolute Gasteiger partial charge is 0.251 e. The molecule has 0 saturated carbocycles. The van der Waals surface area contributed by atoms with E-state index in [1.54, 1.807) is 29.2 Å². The maximum Gasteiger partial charge on any atom is 0.251 e. The van der Waals surface area contributed by atoms with Gasteiger partial charge in [-0.15, -0.1) is 0 Å². The Hall–Kier alpha value is -3.15. The fourth-order valence-corrected chi connectivity index (χ4v) is 3.39. The highest BCUT2D eigenvalue weighted by Gasteiger charge is 2.21. The Balaban J connectivity index is 1.49. The van der Waals surface area contributed by atoms with E-state index in [1.807, 2.05) is 19.1 Å². The average Bonchev–Trinajstić information content (AvgIpc) is 3.18. The summed E-state index contributed by atoms with van der Waals surface area (Å²) < 4.78 is 0. The van der Waals surface area contributed by atoms with Crippen molar-refractivity contribution >= 4 is 23.4 Å². The molecule has 0 unspecified atom stereocenters. The summed E-state index contributed by atoms with van der Waals surface area (Å²) in [6, 6.07) is 14.9. The first-order valence-corrected chi connectivity index (χ1v) is 10.0. The molecule has 1 heterocycles. The van der Waals surface area contributed by atoms with Crippen molar-refractivity contribution in [3.05, 3.63) is 65.2 Å². The van der Waals surface area contributed by atoms with Crippen LogP contribution in [-0.2, 0) is 16.0 Å². The van der Waals surface area contributed by atoms with E-state index in [9.17, 15) is 14.4 Å². The summed E-state index contributed by atoms with van der Waals surface area (Å²) in [6.45, 7) is 4.63. The maximum atomic E-state index is 12.3. The Morgan fingerprint density at radius 2 is 1.76 bits per heavy atom. The number of anilines is 1. The van der Waals surface area contributed by atoms with E-state index in [2.05, 4.69) is 29.7 Å². The highest BCUT2D eigenvalue weighted by molar-refractivity contribution is 5.98. The first kappa shape index (κ1) is 20.6. The van der Waals surface area contributed by atoms with Crippen LogP contribution in [0.1, 0.15) is 54.2 Å². The summed E-state index contributed by atoms with van der Waals surface area (Å²) in [7, 11) is 0. The number of nitrogens with zero attached hydrogens (tertiary/aromatic N) is 1. The van der Waals surface area contributed by atoms with Gasteiger partial charge in [0.1, 0.15) is 0 Å². The van der Waals surface area contributed by atoms with Gasteiger partial charge >= 0.3 is 0 Å². The molecule has 1 atom stereocenters. The van der Waals surface area contributed by atoms with Crippen LogP contribution >= 0.6 is 0 Å². The van der Waals surface area contributed by atoms with E-state index in [4.69, 9.17) is 0 Å². The Labute approximate surface area is 171 Å². The number of nitrogens with one attached hydrogen (secondary N) is 2. The molecule has 3 rings (SSSR count). The van der Waals surface area contributed by atoms with E-state index in [0.717, 1.165) is 24.1 Å². The molecule has 6 heteroatoms. The van der Waals surface area contributed by atoms with Gasteiger partial charge in [-0.2, -0.15) is 0 Å². The number of carbonyl (C=O) groups excluding carboxylic acids is 3. The summed E-state index contributed by atoms with van der Waals surface area (Å²) >= 11 is 0. The quantitative estimate of drug-likeness (QED) is 0.759. The summed E-state index contributed by atoms with van der Waals surface area (Å²) in [5.74, 6) is -0.457. The van der Waals surface area contributed by atoms with Crippen molar-refractivity contribution in [2.75, 3.05) is 18.0 Å². The van der Waals surface area contributed by atoms with Gasteiger partial charge in [0.2, 0.25) is 11.8 Å². The monoisotopic (exact) mass is 393 g/mol. The summed E-state index contributed by atoms with van der Waals surface area (Å²) in [5, 5.41) is 5.53. The van der Waals surface area contributed by atoms with Gasteiger partial charge in [0.15, 0.2) is 0 Å². The van der Waals surface area contributed by atoms with E-state index in [0.29, 0.717) is 18.5 Å². The predicted molar refractivity (Wildman–Crippen MR) is 113 cm³/mol. The lowest BCUT2D eigenvalue weighted by Crippen LogP contribution is -2.38. The molecule has 1 fully saturated rings. The van der Waals surface area contributed by atoms with Crippen molar-refractivity contribution in [3.63, 3.8) is 0 Å². The highest BCUT2D eigenvalue weighted by Crippen LogP contribution is 2.21. The second-order valence-corrected chi connectivity index (χ2v) is 7.26. The number of benzene rings is 2. The second-order valence-electron chi connectivity index (χ2n) is 7.26. The molecular formula is C23H27N3O3. The summed E-state index contributed by atoms with van der Waals surface area (Å²) in [4.78, 5) is 38.0. The Bertz CT molecular complexity index is 875. The van der Waals surface area contributed by atoms with Crippen LogP contribution in [0.25, 0.3) is 0 Å². The number of hydrogen-bond acceptors (Lipinski definition) is 3. The van der Waals surface area contributed by atoms with Gasteiger partial charge in [-0.25, -0.2) is 0 Å². The standard InChI is InChI=1S/C23H27N3O3/c1-3-17-6-8-18(9-7-17)16(2)25-21(27)15-24-23(29)19-10-12-20(13-11-19)26-14-4-5-22(26)28/h6-13,16H,3-5,14-15H2,1-2H3,(H,24,29)(H,25,27)/t16-/m1/s1. The van der Waals surface area contributed by atoms with Crippen molar-refractivity contribution in [3.8, 4) is 0 Å². The van der Waals surface area contributed by atoms with Crippen molar-refractivity contribution in [2.45, 2.75) is 39.2 Å². The average molecular weight is 393 g/mol. The van der Waals surface area contributed by atoms with Crippen molar-refractivity contribution in [1.82, 2.24) is 10.6 Å². The molecule has 1 saturated heterocycles. The zero-order valence-corrected chi connectivity index (χ0v) is 16.9. The lowest BCUT2D eigenvalue weighted by molar-refractivity contribution is -0.120. The molecular weight excluding hydrogens is 366 g/mol. The van der Waals surface area contributed by atoms with Gasteiger partial charge in [0.05, 0.1) is 12.6 Å². The summed E-state index contributed by atoms with van der Waals surface area (Å²) in [6.07, 6.45) is 2.40. The molecule has 2 N–H and O–H groups in total. The third-order valence-electron chi connectivity index (χ3n) is 5.19. The third-order valence-corrected chi connectivity index (χ3v) is 5.19. The fraction of sp³-hybridized carbons (Fsp3) is 0.348. The molecule has 0 aromatic heterocycles. The van der Waals surface area contributed by atoms with Crippen LogP contribution in [0.4, 0.5) is 5.69 Å². The first-order chi connectivity index (χ1) is 14.0. The number of rotatable bonds is 7. The van der Waals surface area contributed by atoms with Crippen molar-refractivity contribution < 1.29 is 14.4 Å². The van der Waals surface area contributed by atoms with E-state index in [1.165, 1.54) is 5.56 Å². The molecule has 3 amide bonds. The lowest BCUT2D eigenvalue weighted by atomic mass is 10.1. The van der Waals surface area contributed by atoms with Crippen molar-refractivity contribution in [1.29, 1.82) is 0 Å². The van der Waals surface area contributed by atoms with Crippen LogP contribution in [-0.4, -0.2) is 30.8 Å². The molecule has 0 aliphatic carbocycles. The normalized spacial score (nSPS) is 14.6. The minimum atomic E-state index is -0.320. The van der Waals surface area contributed by atoms with Gasteiger partial charge in [0.25, 0.3) is 5.91 Å². The van der Waals surface area contributed by atoms with Crippen LogP contribution in [0.3, 0.4) is 0 Å². The molecule has 29 heavy (non-hydrogen) atoms. The Morgan fingerprint density at radius 3 is 2.34 bits per heavy atom. The second kappa shape index (κ2) is 9.37.